The highest BCUT2D eigenvalue weighted by molar-refractivity contribution is 4.91. The standard InChI is InChI=1S/C9H15N3O2/c13-5-4-11-6-8(9(14)7-11)12-3-1-2-10-12/h1-3,8-9,13-14H,4-7H2/t8-,9+/m0/s1. The van der Waals surface area contributed by atoms with Crippen LogP contribution in [-0.4, -0.2) is 57.2 Å². The van der Waals surface area contributed by atoms with Crippen molar-refractivity contribution >= 4 is 0 Å². The zero-order chi connectivity index (χ0) is 9.97. The van der Waals surface area contributed by atoms with Gasteiger partial charge < -0.3 is 10.2 Å². The lowest BCUT2D eigenvalue weighted by atomic mass is 10.2. The number of aliphatic hydroxyl groups excluding tert-OH is 2. The molecule has 0 aliphatic carbocycles. The van der Waals surface area contributed by atoms with Gasteiger partial charge in [-0.3, -0.25) is 9.58 Å². The highest BCUT2D eigenvalue weighted by atomic mass is 16.3. The summed E-state index contributed by atoms with van der Waals surface area (Å²) in [4.78, 5) is 2.04. The van der Waals surface area contributed by atoms with E-state index >= 15 is 0 Å². The monoisotopic (exact) mass is 197 g/mol. The van der Waals surface area contributed by atoms with E-state index in [0.29, 0.717) is 13.1 Å². The molecular weight excluding hydrogens is 182 g/mol. The summed E-state index contributed by atoms with van der Waals surface area (Å²) in [5.74, 6) is 0. The summed E-state index contributed by atoms with van der Waals surface area (Å²) in [7, 11) is 0. The van der Waals surface area contributed by atoms with E-state index in [1.807, 2.05) is 17.2 Å². The van der Waals surface area contributed by atoms with Gasteiger partial charge in [0.15, 0.2) is 0 Å². The van der Waals surface area contributed by atoms with Gasteiger partial charge in [0.25, 0.3) is 0 Å². The summed E-state index contributed by atoms with van der Waals surface area (Å²) in [5.41, 5.74) is 0. The lowest BCUT2D eigenvalue weighted by molar-refractivity contribution is 0.136. The van der Waals surface area contributed by atoms with Gasteiger partial charge in [0, 0.05) is 32.0 Å². The summed E-state index contributed by atoms with van der Waals surface area (Å²) >= 11 is 0. The quantitative estimate of drug-likeness (QED) is 0.659. The van der Waals surface area contributed by atoms with E-state index in [-0.39, 0.29) is 18.8 Å². The number of hydrogen-bond acceptors (Lipinski definition) is 4. The van der Waals surface area contributed by atoms with Gasteiger partial charge in [-0.15, -0.1) is 0 Å². The molecule has 0 aromatic carbocycles. The molecule has 0 bridgehead atoms. The van der Waals surface area contributed by atoms with Crippen molar-refractivity contribution in [3.63, 3.8) is 0 Å². The maximum Gasteiger partial charge on any atom is 0.0917 e. The molecule has 1 fully saturated rings. The first-order chi connectivity index (χ1) is 6.81. The van der Waals surface area contributed by atoms with Crippen LogP contribution in [-0.2, 0) is 0 Å². The van der Waals surface area contributed by atoms with Crippen LogP contribution < -0.4 is 0 Å². The van der Waals surface area contributed by atoms with E-state index in [1.165, 1.54) is 0 Å². The Morgan fingerprint density at radius 2 is 2.29 bits per heavy atom. The molecule has 1 saturated heterocycles. The van der Waals surface area contributed by atoms with Gasteiger partial charge in [-0.05, 0) is 6.07 Å². The Hall–Kier alpha value is -0.910. The van der Waals surface area contributed by atoms with Crippen molar-refractivity contribution in [3.8, 4) is 0 Å². The molecule has 2 heterocycles. The van der Waals surface area contributed by atoms with Crippen LogP contribution in [0.5, 0.6) is 0 Å². The Labute approximate surface area is 82.6 Å². The van der Waals surface area contributed by atoms with E-state index in [2.05, 4.69) is 5.10 Å². The molecule has 0 amide bonds. The molecule has 0 saturated carbocycles. The lowest BCUT2D eigenvalue weighted by Crippen LogP contribution is -2.25. The highest BCUT2D eigenvalue weighted by Crippen LogP contribution is 2.20. The molecule has 5 nitrogen and oxygen atoms in total. The fourth-order valence-electron chi connectivity index (χ4n) is 1.91. The molecule has 2 N–H and O–H groups in total. The topological polar surface area (TPSA) is 61.5 Å². The molecule has 1 aromatic rings. The third-order valence-electron chi connectivity index (χ3n) is 2.62. The molecule has 0 radical (unpaired) electrons. The van der Waals surface area contributed by atoms with Crippen LogP contribution in [0.15, 0.2) is 18.5 Å². The maximum atomic E-state index is 9.77. The summed E-state index contributed by atoms with van der Waals surface area (Å²) in [6.45, 7) is 2.13. The molecule has 2 atom stereocenters. The molecule has 2 rings (SSSR count). The Bertz CT molecular complexity index is 276. The second-order valence-corrected chi connectivity index (χ2v) is 3.60. The second kappa shape index (κ2) is 4.08. The zero-order valence-electron chi connectivity index (χ0n) is 7.95. The summed E-state index contributed by atoms with van der Waals surface area (Å²) in [6, 6.07) is 1.87. The third-order valence-corrected chi connectivity index (χ3v) is 2.62. The van der Waals surface area contributed by atoms with E-state index in [9.17, 15) is 5.11 Å². The largest absolute Gasteiger partial charge is 0.395 e. The van der Waals surface area contributed by atoms with Crippen LogP contribution in [0.1, 0.15) is 6.04 Å². The van der Waals surface area contributed by atoms with E-state index in [0.717, 1.165) is 6.54 Å². The van der Waals surface area contributed by atoms with Gasteiger partial charge in [0.05, 0.1) is 18.8 Å². The molecule has 0 spiro atoms. The maximum absolute atomic E-state index is 9.77. The number of hydrogen-bond donors (Lipinski definition) is 2. The lowest BCUT2D eigenvalue weighted by Gasteiger charge is -2.14. The van der Waals surface area contributed by atoms with Crippen molar-refractivity contribution in [2.75, 3.05) is 26.2 Å². The number of rotatable bonds is 3. The number of likely N-dealkylation sites (tertiary alicyclic amines) is 1. The van der Waals surface area contributed by atoms with Gasteiger partial charge in [-0.2, -0.15) is 5.10 Å². The first kappa shape index (κ1) is 9.64. The first-order valence-corrected chi connectivity index (χ1v) is 4.81. The minimum absolute atomic E-state index is 0.0246. The molecule has 1 aliphatic rings. The van der Waals surface area contributed by atoms with Crippen molar-refractivity contribution in [1.29, 1.82) is 0 Å². The molecule has 14 heavy (non-hydrogen) atoms. The Morgan fingerprint density at radius 3 is 2.93 bits per heavy atom. The fraction of sp³-hybridized carbons (Fsp3) is 0.667. The average molecular weight is 197 g/mol. The Kier molecular flexibility index (Phi) is 2.81. The average Bonchev–Trinajstić information content (AvgIpc) is 2.74. The van der Waals surface area contributed by atoms with Crippen molar-refractivity contribution in [2.24, 2.45) is 0 Å². The van der Waals surface area contributed by atoms with Gasteiger partial charge in [-0.1, -0.05) is 0 Å². The van der Waals surface area contributed by atoms with Crippen LogP contribution in [0.4, 0.5) is 0 Å². The van der Waals surface area contributed by atoms with Gasteiger partial charge in [0.2, 0.25) is 0 Å². The predicted octanol–water partition coefficient (Wildman–Crippen LogP) is -0.907. The minimum atomic E-state index is -0.388. The van der Waals surface area contributed by atoms with Gasteiger partial charge in [0.1, 0.15) is 0 Å². The zero-order valence-corrected chi connectivity index (χ0v) is 7.95. The van der Waals surface area contributed by atoms with Crippen LogP contribution in [0.3, 0.4) is 0 Å². The highest BCUT2D eigenvalue weighted by Gasteiger charge is 2.32. The number of nitrogens with zero attached hydrogens (tertiary/aromatic N) is 3. The van der Waals surface area contributed by atoms with Crippen LogP contribution in [0.25, 0.3) is 0 Å². The number of aliphatic hydroxyl groups is 2. The molecule has 78 valence electrons. The number of β-amino-alcohol motifs (C(OH)–C–C–N with tert-alkyl or cyclic N) is 2. The summed E-state index contributed by atoms with van der Waals surface area (Å²) in [5, 5.41) is 22.7. The Morgan fingerprint density at radius 1 is 1.43 bits per heavy atom. The van der Waals surface area contributed by atoms with E-state index in [4.69, 9.17) is 5.11 Å². The number of aromatic nitrogens is 2. The molecule has 5 heteroatoms. The van der Waals surface area contributed by atoms with E-state index in [1.54, 1.807) is 10.9 Å². The Balaban J connectivity index is 2.01. The molecule has 1 aliphatic heterocycles. The van der Waals surface area contributed by atoms with Crippen molar-refractivity contribution in [1.82, 2.24) is 14.7 Å². The normalized spacial score (nSPS) is 28.4. The molecule has 0 unspecified atom stereocenters. The second-order valence-electron chi connectivity index (χ2n) is 3.60. The van der Waals surface area contributed by atoms with Crippen LogP contribution in [0.2, 0.25) is 0 Å². The van der Waals surface area contributed by atoms with Crippen LogP contribution >= 0.6 is 0 Å². The van der Waals surface area contributed by atoms with E-state index < -0.39 is 0 Å². The SMILES string of the molecule is OCCN1C[C@@H](O)[C@@H](n2cccn2)C1. The summed E-state index contributed by atoms with van der Waals surface area (Å²) in [6.07, 6.45) is 3.18. The van der Waals surface area contributed by atoms with Gasteiger partial charge in [-0.25, -0.2) is 0 Å². The summed E-state index contributed by atoms with van der Waals surface area (Å²) < 4.78 is 1.78. The third kappa shape index (κ3) is 1.79. The first-order valence-electron chi connectivity index (χ1n) is 4.81. The molecular formula is C9H15N3O2. The van der Waals surface area contributed by atoms with Crippen molar-refractivity contribution in [3.05, 3.63) is 18.5 Å². The van der Waals surface area contributed by atoms with Crippen LogP contribution in [0, 0.1) is 0 Å². The van der Waals surface area contributed by atoms with Crippen molar-refractivity contribution in [2.45, 2.75) is 12.1 Å². The predicted molar refractivity (Wildman–Crippen MR) is 50.8 cm³/mol. The fourth-order valence-corrected chi connectivity index (χ4v) is 1.91. The molecule has 1 aromatic heterocycles. The minimum Gasteiger partial charge on any atom is -0.395 e. The van der Waals surface area contributed by atoms with Crippen molar-refractivity contribution < 1.29 is 10.2 Å². The smallest absolute Gasteiger partial charge is 0.0917 e. The van der Waals surface area contributed by atoms with Gasteiger partial charge >= 0.3 is 0 Å².